The van der Waals surface area contributed by atoms with Gasteiger partial charge in [0.25, 0.3) is 5.91 Å². The number of carbonyl (C=O) groups excluding carboxylic acids is 1. The second-order valence-electron chi connectivity index (χ2n) is 7.54. The molecule has 0 aliphatic carbocycles. The zero-order chi connectivity index (χ0) is 19.0. The average molecular weight is 360 g/mol. The highest BCUT2D eigenvalue weighted by Crippen LogP contribution is 2.30. The van der Waals surface area contributed by atoms with E-state index in [1.807, 2.05) is 37.3 Å². The molecule has 4 rings (SSSR count). The average Bonchev–Trinajstić information content (AvgIpc) is 2.99. The third-order valence-corrected chi connectivity index (χ3v) is 5.46. The first kappa shape index (κ1) is 17.5. The number of amides is 1. The number of hydrogen-bond acceptors (Lipinski definition) is 2. The van der Waals surface area contributed by atoms with Crippen LogP contribution < -0.4 is 10.7 Å². The van der Waals surface area contributed by atoms with Crippen LogP contribution in [0.1, 0.15) is 47.8 Å². The number of benzene rings is 2. The summed E-state index contributed by atoms with van der Waals surface area (Å²) in [6, 6.07) is 16.3. The number of nitrogens with one attached hydrogen (secondary N) is 1. The fourth-order valence-corrected chi connectivity index (χ4v) is 3.98. The van der Waals surface area contributed by atoms with Crippen LogP contribution in [-0.4, -0.2) is 16.5 Å². The van der Waals surface area contributed by atoms with E-state index in [1.54, 1.807) is 6.20 Å². The summed E-state index contributed by atoms with van der Waals surface area (Å²) in [5, 5.41) is 3.64. The van der Waals surface area contributed by atoms with Crippen LogP contribution >= 0.6 is 0 Å². The molecule has 1 N–H and O–H groups in total. The van der Waals surface area contributed by atoms with Crippen molar-refractivity contribution >= 4 is 16.8 Å². The smallest absolute Gasteiger partial charge is 0.256 e. The van der Waals surface area contributed by atoms with Gasteiger partial charge in [0, 0.05) is 23.7 Å². The highest BCUT2D eigenvalue weighted by molar-refractivity contribution is 5.98. The first-order chi connectivity index (χ1) is 13.0. The van der Waals surface area contributed by atoms with Crippen molar-refractivity contribution in [3.63, 3.8) is 0 Å². The zero-order valence-electron chi connectivity index (χ0n) is 15.7. The second kappa shape index (κ2) is 7.03. The number of rotatable bonds is 5. The van der Waals surface area contributed by atoms with Crippen molar-refractivity contribution in [3.8, 4) is 0 Å². The summed E-state index contributed by atoms with van der Waals surface area (Å²) in [5.41, 5.74) is 3.47. The molecule has 2 aromatic carbocycles. The van der Waals surface area contributed by atoms with Crippen LogP contribution in [0, 0.1) is 0 Å². The van der Waals surface area contributed by atoms with Crippen molar-refractivity contribution in [1.29, 1.82) is 0 Å². The maximum absolute atomic E-state index is 12.9. The minimum atomic E-state index is -0.282. The molecule has 0 unspecified atom stereocenters. The predicted molar refractivity (Wildman–Crippen MR) is 108 cm³/mol. The van der Waals surface area contributed by atoms with Gasteiger partial charge in [-0.3, -0.25) is 9.59 Å². The Morgan fingerprint density at radius 3 is 2.74 bits per heavy atom. The molecule has 2 atom stereocenters. The molecule has 0 spiro atoms. The van der Waals surface area contributed by atoms with Crippen LogP contribution in [0.25, 0.3) is 10.9 Å². The lowest BCUT2D eigenvalue weighted by molar-refractivity contribution is 0.0936. The molecule has 27 heavy (non-hydrogen) atoms. The molecule has 138 valence electrons. The van der Waals surface area contributed by atoms with Crippen LogP contribution in [-0.2, 0) is 12.8 Å². The molecule has 1 amide bonds. The van der Waals surface area contributed by atoms with Crippen LogP contribution in [0.3, 0.4) is 0 Å². The van der Waals surface area contributed by atoms with Crippen molar-refractivity contribution in [3.05, 3.63) is 81.6 Å². The van der Waals surface area contributed by atoms with Crippen LogP contribution in [0.4, 0.5) is 0 Å². The van der Waals surface area contributed by atoms with Crippen molar-refractivity contribution in [2.24, 2.45) is 0 Å². The Bertz CT molecular complexity index is 1050. The van der Waals surface area contributed by atoms with E-state index in [-0.39, 0.29) is 29.0 Å². The Hall–Kier alpha value is -2.88. The van der Waals surface area contributed by atoms with E-state index in [0.29, 0.717) is 5.39 Å². The van der Waals surface area contributed by atoms with Gasteiger partial charge in [0.15, 0.2) is 0 Å². The van der Waals surface area contributed by atoms with E-state index in [0.717, 1.165) is 24.8 Å². The monoisotopic (exact) mass is 360 g/mol. The van der Waals surface area contributed by atoms with Gasteiger partial charge in [-0.2, -0.15) is 0 Å². The van der Waals surface area contributed by atoms with Gasteiger partial charge in [-0.1, -0.05) is 42.5 Å². The number of para-hydroxylation sites is 1. The molecule has 0 saturated carbocycles. The van der Waals surface area contributed by atoms with Gasteiger partial charge in [-0.25, -0.2) is 0 Å². The van der Waals surface area contributed by atoms with Crippen molar-refractivity contribution in [2.45, 2.75) is 45.2 Å². The summed E-state index contributed by atoms with van der Waals surface area (Å²) >= 11 is 0. The zero-order valence-corrected chi connectivity index (χ0v) is 15.7. The number of aryl methyl sites for hydroxylation is 1. The Balaban J connectivity index is 1.55. The summed E-state index contributed by atoms with van der Waals surface area (Å²) in [6.45, 7) is 4.10. The summed E-state index contributed by atoms with van der Waals surface area (Å²) in [7, 11) is 0. The minimum Gasteiger partial charge on any atom is -0.349 e. The maximum Gasteiger partial charge on any atom is 0.256 e. The lowest BCUT2D eigenvalue weighted by Crippen LogP contribution is -2.36. The van der Waals surface area contributed by atoms with Crippen LogP contribution in [0.2, 0.25) is 0 Å². The van der Waals surface area contributed by atoms with E-state index in [2.05, 4.69) is 35.0 Å². The van der Waals surface area contributed by atoms with E-state index >= 15 is 0 Å². The molecule has 0 radical (unpaired) electrons. The molecule has 1 aliphatic heterocycles. The molecular formula is C23H24N2O2. The molecule has 0 fully saturated rings. The SMILES string of the molecule is C[C@H](CCc1ccccc1)NC(=O)c1cn2c3c(cccc3c1=O)C[C@H]2C. The quantitative estimate of drug-likeness (QED) is 0.751. The van der Waals surface area contributed by atoms with Gasteiger partial charge in [0.1, 0.15) is 5.56 Å². The largest absolute Gasteiger partial charge is 0.349 e. The highest BCUT2D eigenvalue weighted by Gasteiger charge is 2.24. The number of nitrogens with zero attached hydrogens (tertiary/aromatic N) is 1. The van der Waals surface area contributed by atoms with Crippen molar-refractivity contribution in [2.75, 3.05) is 0 Å². The van der Waals surface area contributed by atoms with E-state index in [1.165, 1.54) is 11.1 Å². The normalized spacial score (nSPS) is 16.4. The van der Waals surface area contributed by atoms with Crippen molar-refractivity contribution in [1.82, 2.24) is 9.88 Å². The molecule has 2 heterocycles. The van der Waals surface area contributed by atoms with Crippen LogP contribution in [0.5, 0.6) is 0 Å². The molecule has 1 aromatic heterocycles. The Kier molecular flexibility index (Phi) is 4.56. The lowest BCUT2D eigenvalue weighted by Gasteiger charge is -2.16. The van der Waals surface area contributed by atoms with E-state index in [9.17, 15) is 9.59 Å². The standard InChI is InChI=1S/C23H24N2O2/c1-15(11-12-17-7-4-3-5-8-17)24-23(27)20-14-25-16(2)13-18-9-6-10-19(21(18)25)22(20)26/h3-10,14-16H,11-13H2,1-2H3,(H,24,27)/t15-,16-/m1/s1. The third-order valence-electron chi connectivity index (χ3n) is 5.46. The highest BCUT2D eigenvalue weighted by atomic mass is 16.2. The summed E-state index contributed by atoms with van der Waals surface area (Å²) in [6.07, 6.45) is 4.36. The minimum absolute atomic E-state index is 0.00450. The van der Waals surface area contributed by atoms with Gasteiger partial charge in [-0.05, 0) is 50.3 Å². The molecular weight excluding hydrogens is 336 g/mol. The molecule has 0 bridgehead atoms. The van der Waals surface area contributed by atoms with E-state index < -0.39 is 0 Å². The first-order valence-corrected chi connectivity index (χ1v) is 9.56. The molecule has 4 heteroatoms. The first-order valence-electron chi connectivity index (χ1n) is 9.56. The number of hydrogen-bond donors (Lipinski definition) is 1. The van der Waals surface area contributed by atoms with E-state index in [4.69, 9.17) is 0 Å². The maximum atomic E-state index is 12.9. The Morgan fingerprint density at radius 1 is 1.19 bits per heavy atom. The summed E-state index contributed by atoms with van der Waals surface area (Å²) < 4.78 is 2.08. The van der Waals surface area contributed by atoms with Gasteiger partial charge < -0.3 is 9.88 Å². The third kappa shape index (κ3) is 3.27. The molecule has 0 saturated heterocycles. The summed E-state index contributed by atoms with van der Waals surface area (Å²) in [4.78, 5) is 25.7. The van der Waals surface area contributed by atoms with Gasteiger partial charge in [-0.15, -0.1) is 0 Å². The predicted octanol–water partition coefficient (Wildman–Crippen LogP) is 3.87. The van der Waals surface area contributed by atoms with Crippen LogP contribution in [0.15, 0.2) is 59.5 Å². The topological polar surface area (TPSA) is 51.1 Å². The molecule has 4 nitrogen and oxygen atoms in total. The van der Waals surface area contributed by atoms with Gasteiger partial charge in [0.05, 0.1) is 5.52 Å². The molecule has 3 aromatic rings. The summed E-state index contributed by atoms with van der Waals surface area (Å²) in [5.74, 6) is -0.282. The Morgan fingerprint density at radius 2 is 1.96 bits per heavy atom. The number of pyridine rings is 1. The number of aromatic nitrogens is 1. The molecule has 1 aliphatic rings. The lowest BCUT2D eigenvalue weighted by atomic mass is 10.1. The fraction of sp³-hybridized carbons (Fsp3) is 0.304. The van der Waals surface area contributed by atoms with Crippen molar-refractivity contribution < 1.29 is 4.79 Å². The number of carbonyl (C=O) groups is 1. The van der Waals surface area contributed by atoms with Gasteiger partial charge >= 0.3 is 0 Å². The fourth-order valence-electron chi connectivity index (χ4n) is 3.98. The second-order valence-corrected chi connectivity index (χ2v) is 7.54. The van der Waals surface area contributed by atoms with Gasteiger partial charge in [0.2, 0.25) is 5.43 Å². The Labute approximate surface area is 158 Å².